The Labute approximate surface area is 169 Å². The molecule has 0 spiro atoms. The number of nitrogens with zero attached hydrogens (tertiary/aromatic N) is 1. The van der Waals surface area contributed by atoms with E-state index in [0.717, 1.165) is 37.2 Å². The molecule has 0 aromatic carbocycles. The van der Waals surface area contributed by atoms with Gasteiger partial charge in [-0.1, -0.05) is 11.6 Å². The van der Waals surface area contributed by atoms with Crippen LogP contribution in [0, 0.1) is 5.41 Å². The average molecular weight is 436 g/mol. The third kappa shape index (κ3) is 4.67. The molecule has 1 atom stereocenters. The van der Waals surface area contributed by atoms with Crippen molar-refractivity contribution in [3.05, 3.63) is 16.5 Å². The topological polar surface area (TPSA) is 72.9 Å². The number of thiophene rings is 1. The summed E-state index contributed by atoms with van der Waals surface area (Å²) in [6.07, 6.45) is 4.64. The van der Waals surface area contributed by atoms with Gasteiger partial charge in [0.05, 0.1) is 22.5 Å². The van der Waals surface area contributed by atoms with Crippen LogP contribution in [0.1, 0.15) is 45.4 Å². The smallest absolute Gasteiger partial charge is 0.312 e. The van der Waals surface area contributed by atoms with E-state index in [-0.39, 0.29) is 16.3 Å². The fourth-order valence-corrected chi connectivity index (χ4v) is 6.98. The Balaban J connectivity index is 1.73. The number of carbonyl (C=O) groups is 1. The van der Waals surface area contributed by atoms with Crippen LogP contribution in [0.4, 0.5) is 0 Å². The lowest BCUT2D eigenvalue weighted by atomic mass is 9.73. The number of sulfonamides is 1. The highest BCUT2D eigenvalue weighted by atomic mass is 35.5. The molecular formula is C18H26ClNO5S2. The number of halogens is 1. The first-order chi connectivity index (χ1) is 12.9. The van der Waals surface area contributed by atoms with Crippen molar-refractivity contribution >= 4 is 38.9 Å². The van der Waals surface area contributed by atoms with Gasteiger partial charge in [0, 0.05) is 19.7 Å². The Morgan fingerprint density at radius 2 is 2.11 bits per heavy atom. The van der Waals surface area contributed by atoms with Gasteiger partial charge in [-0.15, -0.1) is 11.3 Å². The van der Waals surface area contributed by atoms with Gasteiger partial charge in [-0.2, -0.15) is 4.31 Å². The molecule has 2 aliphatic rings. The van der Waals surface area contributed by atoms with Gasteiger partial charge in [0.1, 0.15) is 4.21 Å². The summed E-state index contributed by atoms with van der Waals surface area (Å²) in [5.74, 6) is -0.226. The minimum absolute atomic E-state index is 0.0439. The molecule has 0 aliphatic carbocycles. The maximum atomic E-state index is 12.8. The summed E-state index contributed by atoms with van der Waals surface area (Å²) >= 11 is 6.95. The van der Waals surface area contributed by atoms with Gasteiger partial charge >= 0.3 is 5.97 Å². The van der Waals surface area contributed by atoms with Crippen LogP contribution in [0.5, 0.6) is 0 Å². The highest BCUT2D eigenvalue weighted by Gasteiger charge is 2.46. The maximum absolute atomic E-state index is 12.8. The molecule has 9 heteroatoms. The van der Waals surface area contributed by atoms with Crippen molar-refractivity contribution in [2.75, 3.05) is 26.3 Å². The van der Waals surface area contributed by atoms with E-state index < -0.39 is 15.4 Å². The van der Waals surface area contributed by atoms with Gasteiger partial charge < -0.3 is 9.47 Å². The van der Waals surface area contributed by atoms with E-state index >= 15 is 0 Å². The van der Waals surface area contributed by atoms with Gasteiger partial charge in [0.2, 0.25) is 0 Å². The molecule has 2 aliphatic heterocycles. The number of hydrogen-bond acceptors (Lipinski definition) is 6. The summed E-state index contributed by atoms with van der Waals surface area (Å²) in [7, 11) is -3.58. The van der Waals surface area contributed by atoms with Crippen molar-refractivity contribution in [3.63, 3.8) is 0 Å². The van der Waals surface area contributed by atoms with Crippen LogP contribution in [-0.4, -0.2) is 51.1 Å². The van der Waals surface area contributed by atoms with Gasteiger partial charge in [-0.05, 0) is 57.6 Å². The number of carbonyl (C=O) groups excluding carboxylic acids is 1. The molecular weight excluding hydrogens is 410 g/mol. The summed E-state index contributed by atoms with van der Waals surface area (Å²) in [6.45, 7) is 3.43. The summed E-state index contributed by atoms with van der Waals surface area (Å²) in [4.78, 5) is 12.8. The van der Waals surface area contributed by atoms with Crippen molar-refractivity contribution in [3.8, 4) is 0 Å². The first kappa shape index (κ1) is 21.0. The molecule has 3 rings (SSSR count). The molecule has 0 amide bonds. The van der Waals surface area contributed by atoms with Gasteiger partial charge in [-0.3, -0.25) is 4.79 Å². The second-order valence-corrected chi connectivity index (χ2v) is 11.0. The van der Waals surface area contributed by atoms with E-state index in [1.165, 1.54) is 10.4 Å². The molecule has 0 saturated carbocycles. The van der Waals surface area contributed by atoms with E-state index in [9.17, 15) is 13.2 Å². The Morgan fingerprint density at radius 1 is 1.37 bits per heavy atom. The molecule has 152 valence electrons. The summed E-state index contributed by atoms with van der Waals surface area (Å²) in [5, 5.41) is 0. The molecule has 0 bridgehead atoms. The minimum atomic E-state index is -3.58. The van der Waals surface area contributed by atoms with E-state index in [1.807, 2.05) is 0 Å². The minimum Gasteiger partial charge on any atom is -0.466 e. The lowest BCUT2D eigenvalue weighted by Gasteiger charge is -2.41. The SMILES string of the molecule is CCOC(=O)C1(CC2CCCCO2)CCN(S(=O)(=O)c2ccc(Cl)s2)CC1. The highest BCUT2D eigenvalue weighted by molar-refractivity contribution is 7.91. The fourth-order valence-electron chi connectivity index (χ4n) is 3.90. The molecule has 1 unspecified atom stereocenters. The lowest BCUT2D eigenvalue weighted by Crippen LogP contribution is -2.48. The maximum Gasteiger partial charge on any atom is 0.312 e. The van der Waals surface area contributed by atoms with E-state index in [2.05, 4.69) is 0 Å². The van der Waals surface area contributed by atoms with Crippen LogP contribution in [0.2, 0.25) is 4.34 Å². The fraction of sp³-hybridized carbons (Fsp3) is 0.722. The van der Waals surface area contributed by atoms with Crippen LogP contribution in [-0.2, 0) is 24.3 Å². The van der Waals surface area contributed by atoms with Crippen molar-refractivity contribution in [2.45, 2.75) is 55.8 Å². The number of rotatable bonds is 6. The summed E-state index contributed by atoms with van der Waals surface area (Å²) < 4.78 is 39.0. The Bertz CT molecular complexity index is 750. The molecule has 6 nitrogen and oxygen atoms in total. The van der Waals surface area contributed by atoms with Crippen LogP contribution in [0.25, 0.3) is 0 Å². The van der Waals surface area contributed by atoms with Crippen LogP contribution in [0.3, 0.4) is 0 Å². The lowest BCUT2D eigenvalue weighted by molar-refractivity contribution is -0.162. The Kier molecular flexibility index (Phi) is 6.84. The van der Waals surface area contributed by atoms with E-state index in [4.69, 9.17) is 21.1 Å². The molecule has 27 heavy (non-hydrogen) atoms. The number of piperidine rings is 1. The normalized spacial score (nSPS) is 23.9. The van der Waals surface area contributed by atoms with Crippen molar-refractivity contribution in [1.29, 1.82) is 0 Å². The van der Waals surface area contributed by atoms with Crippen molar-refractivity contribution in [2.24, 2.45) is 5.41 Å². The summed E-state index contributed by atoms with van der Waals surface area (Å²) in [6, 6.07) is 3.12. The van der Waals surface area contributed by atoms with Crippen LogP contribution < -0.4 is 0 Å². The van der Waals surface area contributed by atoms with Crippen molar-refractivity contribution in [1.82, 2.24) is 4.31 Å². The first-order valence-corrected chi connectivity index (χ1v) is 12.1. The third-order valence-electron chi connectivity index (χ3n) is 5.42. The average Bonchev–Trinajstić information content (AvgIpc) is 3.10. The zero-order valence-electron chi connectivity index (χ0n) is 15.5. The molecule has 1 aromatic heterocycles. The molecule has 2 saturated heterocycles. The second kappa shape index (κ2) is 8.78. The van der Waals surface area contributed by atoms with Crippen LogP contribution in [0.15, 0.2) is 16.3 Å². The zero-order chi connectivity index (χ0) is 19.5. The second-order valence-electron chi connectivity index (χ2n) is 7.16. The molecule has 1 aromatic rings. The molecule has 3 heterocycles. The number of esters is 1. The molecule has 0 N–H and O–H groups in total. The molecule has 2 fully saturated rings. The van der Waals surface area contributed by atoms with Gasteiger partial charge in [0.25, 0.3) is 10.0 Å². The number of ether oxygens (including phenoxy) is 2. The van der Waals surface area contributed by atoms with Crippen LogP contribution >= 0.6 is 22.9 Å². The zero-order valence-corrected chi connectivity index (χ0v) is 17.9. The summed E-state index contributed by atoms with van der Waals surface area (Å²) in [5.41, 5.74) is -0.670. The van der Waals surface area contributed by atoms with Gasteiger partial charge in [0.15, 0.2) is 0 Å². The Morgan fingerprint density at radius 3 is 2.67 bits per heavy atom. The third-order valence-corrected chi connectivity index (χ3v) is 9.02. The predicted octanol–water partition coefficient (Wildman–Crippen LogP) is 3.69. The first-order valence-electron chi connectivity index (χ1n) is 9.42. The van der Waals surface area contributed by atoms with E-state index in [1.54, 1.807) is 13.0 Å². The quantitative estimate of drug-likeness (QED) is 0.637. The number of hydrogen-bond donors (Lipinski definition) is 0. The highest BCUT2D eigenvalue weighted by Crippen LogP contribution is 2.41. The van der Waals surface area contributed by atoms with E-state index in [0.29, 0.717) is 43.3 Å². The predicted molar refractivity (Wildman–Crippen MR) is 105 cm³/mol. The Hall–Kier alpha value is -0.670. The van der Waals surface area contributed by atoms with Gasteiger partial charge in [-0.25, -0.2) is 8.42 Å². The molecule has 0 radical (unpaired) electrons. The van der Waals surface area contributed by atoms with Crippen molar-refractivity contribution < 1.29 is 22.7 Å². The standard InChI is InChI=1S/C18H26ClNO5S2/c1-2-24-17(21)18(13-14-5-3-4-12-25-14)8-10-20(11-9-18)27(22,23)16-7-6-15(19)26-16/h6-7,14H,2-5,8-13H2,1H3. The monoisotopic (exact) mass is 435 g/mol. The largest absolute Gasteiger partial charge is 0.466 e.